The predicted molar refractivity (Wildman–Crippen MR) is 135 cm³/mol. The summed E-state index contributed by atoms with van der Waals surface area (Å²) >= 11 is 0. The maximum Gasteiger partial charge on any atom is 0.162 e. The van der Waals surface area contributed by atoms with Crippen molar-refractivity contribution in [1.82, 2.24) is 30.1 Å². The number of hydrogen-bond acceptors (Lipinski definition) is 7. The number of aromatic nitrogens is 6. The molecule has 0 radical (unpaired) electrons. The molecule has 3 aromatic heterocycles. The van der Waals surface area contributed by atoms with E-state index < -0.39 is 22.7 Å². The number of rotatable bonds is 4. The molecule has 0 aliphatic heterocycles. The van der Waals surface area contributed by atoms with E-state index in [1.807, 2.05) is 6.07 Å². The summed E-state index contributed by atoms with van der Waals surface area (Å²) in [5.41, 5.74) is 1.61. The molecule has 0 spiro atoms. The Balaban J connectivity index is 1.31. The highest BCUT2D eigenvalue weighted by atomic mass is 19.1. The Morgan fingerprint density at radius 1 is 0.947 bits per heavy atom. The zero-order valence-corrected chi connectivity index (χ0v) is 21.1. The summed E-state index contributed by atoms with van der Waals surface area (Å²) in [5, 5.41) is 19.5. The van der Waals surface area contributed by atoms with Gasteiger partial charge in [-0.2, -0.15) is 5.10 Å². The summed E-state index contributed by atoms with van der Waals surface area (Å²) < 4.78 is 29.1. The van der Waals surface area contributed by atoms with Crippen molar-refractivity contribution >= 4 is 0 Å². The minimum absolute atomic E-state index is 0.144. The van der Waals surface area contributed by atoms with E-state index in [-0.39, 0.29) is 22.6 Å². The zero-order chi connectivity index (χ0) is 26.3. The summed E-state index contributed by atoms with van der Waals surface area (Å²) in [5.74, 6) is -0.242. The fraction of sp³-hybridized carbons (Fsp3) is 0.379. The van der Waals surface area contributed by atoms with Crippen molar-refractivity contribution < 1.29 is 13.9 Å². The van der Waals surface area contributed by atoms with Gasteiger partial charge in [-0.1, -0.05) is 19.9 Å². The molecule has 2 saturated carbocycles. The molecule has 3 heterocycles. The molecule has 192 valence electrons. The standard InChI is InChI=1S/C29H26F2N6O/c1-27(2)18-7-11-29(27,24-17(18)13-21(36-37-24)23-19(30)5-3-6-20(23)31)22-8-12-32-25(35-22)16-14-33-26(34-15-16)28(38)9-4-10-28/h3,5-6,8,12-15,18,38H,4,7,9-11H2,1-2H3/t18-,29-/m0/s1. The first-order valence-corrected chi connectivity index (χ1v) is 13.0. The van der Waals surface area contributed by atoms with Gasteiger partial charge in [0, 0.05) is 18.6 Å². The van der Waals surface area contributed by atoms with Gasteiger partial charge in [0.2, 0.25) is 0 Å². The molecule has 2 atom stereocenters. The molecule has 0 unspecified atom stereocenters. The lowest BCUT2D eigenvalue weighted by atomic mass is 9.66. The van der Waals surface area contributed by atoms with E-state index in [9.17, 15) is 13.9 Å². The van der Waals surface area contributed by atoms with Gasteiger partial charge in [-0.15, -0.1) is 5.10 Å². The zero-order valence-electron chi connectivity index (χ0n) is 21.1. The molecule has 1 aromatic carbocycles. The van der Waals surface area contributed by atoms with Crippen LogP contribution in [0.3, 0.4) is 0 Å². The molecule has 2 bridgehead atoms. The van der Waals surface area contributed by atoms with Crippen molar-refractivity contribution in [2.75, 3.05) is 0 Å². The largest absolute Gasteiger partial charge is 0.382 e. The lowest BCUT2D eigenvalue weighted by Gasteiger charge is -2.37. The smallest absolute Gasteiger partial charge is 0.162 e. The van der Waals surface area contributed by atoms with E-state index in [1.54, 1.807) is 24.7 Å². The lowest BCUT2D eigenvalue weighted by Crippen LogP contribution is -2.38. The topological polar surface area (TPSA) is 97.6 Å². The van der Waals surface area contributed by atoms with Crippen molar-refractivity contribution in [2.45, 2.75) is 62.9 Å². The molecule has 9 heteroatoms. The molecule has 38 heavy (non-hydrogen) atoms. The van der Waals surface area contributed by atoms with Crippen molar-refractivity contribution in [3.05, 3.63) is 83.3 Å². The van der Waals surface area contributed by atoms with Crippen LogP contribution in [0.1, 0.15) is 74.6 Å². The second-order valence-corrected chi connectivity index (χ2v) is 11.3. The number of benzene rings is 1. The SMILES string of the molecule is CC1(C)[C@H]2CC[C@]1(c1ccnc(-c3cnc(C4(O)CCC4)nc3)n1)c1nnc(-c3c(F)cccc3F)cc12. The van der Waals surface area contributed by atoms with Gasteiger partial charge in [-0.3, -0.25) is 0 Å². The summed E-state index contributed by atoms with van der Waals surface area (Å²) in [6.45, 7) is 4.41. The highest BCUT2D eigenvalue weighted by Crippen LogP contribution is 2.69. The average molecular weight is 513 g/mol. The van der Waals surface area contributed by atoms with Crippen molar-refractivity contribution in [2.24, 2.45) is 5.41 Å². The predicted octanol–water partition coefficient (Wildman–Crippen LogP) is 5.24. The van der Waals surface area contributed by atoms with Gasteiger partial charge < -0.3 is 5.11 Å². The second kappa shape index (κ2) is 7.89. The van der Waals surface area contributed by atoms with E-state index in [0.717, 1.165) is 36.2 Å². The third kappa shape index (κ3) is 3.02. The average Bonchev–Trinajstić information content (AvgIpc) is 3.28. The first-order chi connectivity index (χ1) is 18.2. The Hall–Kier alpha value is -3.72. The van der Waals surface area contributed by atoms with Gasteiger partial charge in [-0.25, -0.2) is 28.7 Å². The van der Waals surface area contributed by atoms with Crippen molar-refractivity contribution in [3.63, 3.8) is 0 Å². The Morgan fingerprint density at radius 3 is 2.37 bits per heavy atom. The number of halogens is 2. The summed E-state index contributed by atoms with van der Waals surface area (Å²) in [6.07, 6.45) is 9.10. The summed E-state index contributed by atoms with van der Waals surface area (Å²) in [7, 11) is 0. The van der Waals surface area contributed by atoms with Crippen LogP contribution in [0.5, 0.6) is 0 Å². The molecular weight excluding hydrogens is 486 g/mol. The third-order valence-corrected chi connectivity index (χ3v) is 9.20. The van der Waals surface area contributed by atoms with Crippen LogP contribution in [0.2, 0.25) is 0 Å². The fourth-order valence-corrected chi connectivity index (χ4v) is 6.91. The van der Waals surface area contributed by atoms with E-state index in [1.165, 1.54) is 18.2 Å². The Bertz CT molecular complexity index is 1570. The van der Waals surface area contributed by atoms with Gasteiger partial charge in [-0.05, 0) is 73.3 Å². The van der Waals surface area contributed by atoms with Crippen LogP contribution in [-0.2, 0) is 11.0 Å². The lowest BCUT2D eigenvalue weighted by molar-refractivity contribution is -0.0467. The Labute approximate surface area is 218 Å². The van der Waals surface area contributed by atoms with E-state index >= 15 is 0 Å². The Morgan fingerprint density at radius 2 is 1.68 bits per heavy atom. The molecule has 0 saturated heterocycles. The van der Waals surface area contributed by atoms with E-state index in [2.05, 4.69) is 39.0 Å². The van der Waals surface area contributed by atoms with Crippen LogP contribution in [-0.4, -0.2) is 35.2 Å². The molecule has 3 aliphatic rings. The van der Waals surface area contributed by atoms with Crippen LogP contribution >= 0.6 is 0 Å². The Kier molecular flexibility index (Phi) is 4.86. The van der Waals surface area contributed by atoms with Gasteiger partial charge in [0.15, 0.2) is 11.6 Å². The van der Waals surface area contributed by atoms with Crippen LogP contribution in [0.15, 0.2) is 48.9 Å². The van der Waals surface area contributed by atoms with Crippen molar-refractivity contribution in [1.29, 1.82) is 0 Å². The maximum atomic E-state index is 14.5. The number of nitrogens with zero attached hydrogens (tertiary/aromatic N) is 6. The molecule has 3 aliphatic carbocycles. The summed E-state index contributed by atoms with van der Waals surface area (Å²) in [4.78, 5) is 18.3. The first-order valence-electron chi connectivity index (χ1n) is 13.0. The van der Waals surface area contributed by atoms with Gasteiger partial charge in [0.25, 0.3) is 0 Å². The minimum Gasteiger partial charge on any atom is -0.382 e. The van der Waals surface area contributed by atoms with Crippen LogP contribution in [0.4, 0.5) is 8.78 Å². The second-order valence-electron chi connectivity index (χ2n) is 11.3. The van der Waals surface area contributed by atoms with Gasteiger partial charge >= 0.3 is 0 Å². The minimum atomic E-state index is -0.931. The molecule has 2 fully saturated rings. The molecule has 7 nitrogen and oxygen atoms in total. The van der Waals surface area contributed by atoms with Gasteiger partial charge in [0.1, 0.15) is 17.2 Å². The number of aliphatic hydroxyl groups is 1. The highest BCUT2D eigenvalue weighted by Gasteiger charge is 2.65. The molecule has 4 aromatic rings. The fourth-order valence-electron chi connectivity index (χ4n) is 6.91. The third-order valence-electron chi connectivity index (χ3n) is 9.20. The maximum absolute atomic E-state index is 14.5. The van der Waals surface area contributed by atoms with Crippen molar-refractivity contribution in [3.8, 4) is 22.6 Å². The number of hydrogen-bond donors (Lipinski definition) is 1. The molecule has 0 amide bonds. The number of fused-ring (bicyclic) bond motifs is 5. The molecule has 1 N–H and O–H groups in total. The normalized spacial score (nSPS) is 24.2. The van der Waals surface area contributed by atoms with Crippen LogP contribution in [0, 0.1) is 17.0 Å². The quantitative estimate of drug-likeness (QED) is 0.399. The van der Waals surface area contributed by atoms with E-state index in [0.29, 0.717) is 30.1 Å². The van der Waals surface area contributed by atoms with E-state index in [4.69, 9.17) is 4.98 Å². The monoisotopic (exact) mass is 512 g/mol. The highest BCUT2D eigenvalue weighted by molar-refractivity contribution is 5.64. The molecular formula is C29H26F2N6O. The van der Waals surface area contributed by atoms with Crippen LogP contribution < -0.4 is 0 Å². The van der Waals surface area contributed by atoms with Crippen LogP contribution in [0.25, 0.3) is 22.6 Å². The summed E-state index contributed by atoms with van der Waals surface area (Å²) in [6, 6.07) is 7.53. The first kappa shape index (κ1) is 23.4. The van der Waals surface area contributed by atoms with Gasteiger partial charge in [0.05, 0.1) is 33.6 Å². The molecule has 7 rings (SSSR count).